The number of sulfonamides is 1. The molecule has 0 spiro atoms. The van der Waals surface area contributed by atoms with Crippen molar-refractivity contribution in [3.8, 4) is 0 Å². The Labute approximate surface area is 121 Å². The van der Waals surface area contributed by atoms with Gasteiger partial charge in [0.15, 0.2) is 0 Å². The van der Waals surface area contributed by atoms with Gasteiger partial charge in [-0.05, 0) is 37.1 Å². The fourth-order valence-corrected chi connectivity index (χ4v) is 3.51. The van der Waals surface area contributed by atoms with Gasteiger partial charge in [-0.25, -0.2) is 13.1 Å². The van der Waals surface area contributed by atoms with Crippen LogP contribution in [-0.4, -0.2) is 26.9 Å². The Bertz CT molecular complexity index is 591. The molecule has 0 aromatic heterocycles. The summed E-state index contributed by atoms with van der Waals surface area (Å²) in [6.07, 6.45) is 0.882. The first-order valence-corrected chi connectivity index (χ1v) is 8.21. The van der Waals surface area contributed by atoms with Crippen molar-refractivity contribution >= 4 is 31.9 Å². The van der Waals surface area contributed by atoms with Crippen LogP contribution in [0.3, 0.4) is 0 Å². The summed E-state index contributed by atoms with van der Waals surface area (Å²) in [5, 5.41) is 2.65. The van der Waals surface area contributed by atoms with Crippen molar-refractivity contribution in [2.24, 2.45) is 0 Å². The van der Waals surface area contributed by atoms with Crippen molar-refractivity contribution in [1.82, 2.24) is 10.0 Å². The lowest BCUT2D eigenvalue weighted by Gasteiger charge is -2.23. The first-order chi connectivity index (χ1) is 8.88. The van der Waals surface area contributed by atoms with Crippen LogP contribution >= 0.6 is 15.9 Å². The first kappa shape index (κ1) is 14.5. The van der Waals surface area contributed by atoms with E-state index in [9.17, 15) is 13.2 Å². The van der Waals surface area contributed by atoms with Crippen molar-refractivity contribution in [2.45, 2.75) is 30.7 Å². The Hall–Kier alpha value is -0.920. The summed E-state index contributed by atoms with van der Waals surface area (Å²) >= 11 is 3.34. The number of hydrogen-bond donors (Lipinski definition) is 2. The Kier molecular flexibility index (Phi) is 4.27. The number of piperidine rings is 1. The van der Waals surface area contributed by atoms with E-state index in [1.165, 1.54) is 0 Å². The highest BCUT2D eigenvalue weighted by molar-refractivity contribution is 9.10. The van der Waals surface area contributed by atoms with E-state index in [2.05, 4.69) is 26.0 Å². The maximum Gasteiger partial charge on any atom is 0.240 e. The van der Waals surface area contributed by atoms with Gasteiger partial charge in [-0.3, -0.25) is 4.79 Å². The Morgan fingerprint density at radius 2 is 2.16 bits per heavy atom. The molecule has 2 N–H and O–H groups in total. The molecule has 1 unspecified atom stereocenters. The van der Waals surface area contributed by atoms with Crippen LogP contribution in [0.5, 0.6) is 0 Å². The quantitative estimate of drug-likeness (QED) is 0.866. The van der Waals surface area contributed by atoms with E-state index >= 15 is 0 Å². The zero-order valence-electron chi connectivity index (χ0n) is 10.4. The fourth-order valence-electron chi connectivity index (χ4n) is 1.91. The third kappa shape index (κ3) is 3.55. The van der Waals surface area contributed by atoms with E-state index in [0.29, 0.717) is 19.4 Å². The molecule has 1 aliphatic heterocycles. The van der Waals surface area contributed by atoms with Gasteiger partial charge in [0, 0.05) is 23.5 Å². The SMILES string of the molecule is Cc1cc(S(=O)(=O)NC2CCC(=O)NC2)ccc1Br. The van der Waals surface area contributed by atoms with Crippen LogP contribution in [0.1, 0.15) is 18.4 Å². The number of amides is 1. The van der Waals surface area contributed by atoms with Crippen LogP contribution in [-0.2, 0) is 14.8 Å². The third-order valence-corrected chi connectivity index (χ3v) is 5.43. The molecule has 0 saturated carbocycles. The van der Waals surface area contributed by atoms with Gasteiger partial charge in [0.1, 0.15) is 0 Å². The van der Waals surface area contributed by atoms with Crippen LogP contribution in [0, 0.1) is 6.92 Å². The number of carbonyl (C=O) groups excluding carboxylic acids is 1. The summed E-state index contributed by atoms with van der Waals surface area (Å²) in [6, 6.07) is 4.65. The highest BCUT2D eigenvalue weighted by Crippen LogP contribution is 2.20. The molecule has 1 amide bonds. The van der Waals surface area contributed by atoms with Gasteiger partial charge >= 0.3 is 0 Å². The zero-order chi connectivity index (χ0) is 14.0. The minimum Gasteiger partial charge on any atom is -0.355 e. The summed E-state index contributed by atoms with van der Waals surface area (Å²) in [7, 11) is -3.54. The Balaban J connectivity index is 2.13. The molecule has 2 rings (SSSR count). The molecule has 104 valence electrons. The lowest BCUT2D eigenvalue weighted by Crippen LogP contribution is -2.47. The Morgan fingerprint density at radius 3 is 2.74 bits per heavy atom. The first-order valence-electron chi connectivity index (χ1n) is 5.94. The summed E-state index contributed by atoms with van der Waals surface area (Å²) in [4.78, 5) is 11.3. The van der Waals surface area contributed by atoms with Gasteiger partial charge in [0.05, 0.1) is 4.90 Å². The average Bonchev–Trinajstić information content (AvgIpc) is 2.35. The van der Waals surface area contributed by atoms with E-state index in [1.807, 2.05) is 6.92 Å². The smallest absolute Gasteiger partial charge is 0.240 e. The molecule has 19 heavy (non-hydrogen) atoms. The van der Waals surface area contributed by atoms with E-state index in [4.69, 9.17) is 0 Å². The van der Waals surface area contributed by atoms with Crippen LogP contribution in [0.2, 0.25) is 0 Å². The average molecular weight is 347 g/mol. The summed E-state index contributed by atoms with van der Waals surface area (Å²) in [6.45, 7) is 2.18. The van der Waals surface area contributed by atoms with Crippen molar-refractivity contribution in [3.05, 3.63) is 28.2 Å². The second kappa shape index (κ2) is 5.60. The molecule has 5 nitrogen and oxygen atoms in total. The van der Waals surface area contributed by atoms with E-state index in [-0.39, 0.29) is 16.8 Å². The second-order valence-electron chi connectivity index (χ2n) is 4.57. The predicted octanol–water partition coefficient (Wildman–Crippen LogP) is 1.31. The van der Waals surface area contributed by atoms with E-state index in [0.717, 1.165) is 10.0 Å². The van der Waals surface area contributed by atoms with Gasteiger partial charge < -0.3 is 5.32 Å². The molecular weight excluding hydrogens is 332 g/mol. The molecule has 1 aromatic rings. The summed E-state index contributed by atoms with van der Waals surface area (Å²) < 4.78 is 27.9. The van der Waals surface area contributed by atoms with Crippen LogP contribution in [0.25, 0.3) is 0 Å². The van der Waals surface area contributed by atoms with Crippen LogP contribution < -0.4 is 10.0 Å². The normalized spacial score (nSPS) is 20.1. The van der Waals surface area contributed by atoms with Gasteiger partial charge in [0.2, 0.25) is 15.9 Å². The molecule has 0 bridgehead atoms. The number of hydrogen-bond acceptors (Lipinski definition) is 3. The van der Waals surface area contributed by atoms with Crippen molar-refractivity contribution in [2.75, 3.05) is 6.54 Å². The Morgan fingerprint density at radius 1 is 1.42 bits per heavy atom. The van der Waals surface area contributed by atoms with Crippen LogP contribution in [0.15, 0.2) is 27.6 Å². The topological polar surface area (TPSA) is 75.3 Å². The largest absolute Gasteiger partial charge is 0.355 e. The molecule has 1 aromatic carbocycles. The molecule has 1 fully saturated rings. The van der Waals surface area contributed by atoms with Gasteiger partial charge in [-0.2, -0.15) is 0 Å². The molecule has 7 heteroatoms. The molecule has 1 aliphatic rings. The lowest BCUT2D eigenvalue weighted by atomic mass is 10.1. The molecule has 1 saturated heterocycles. The number of nitrogens with one attached hydrogen (secondary N) is 2. The maximum atomic E-state index is 12.2. The van der Waals surface area contributed by atoms with E-state index in [1.54, 1.807) is 18.2 Å². The number of halogens is 1. The predicted molar refractivity (Wildman–Crippen MR) is 75.2 cm³/mol. The van der Waals surface area contributed by atoms with Gasteiger partial charge in [-0.1, -0.05) is 15.9 Å². The van der Waals surface area contributed by atoms with Gasteiger partial charge in [-0.15, -0.1) is 0 Å². The molecule has 1 heterocycles. The standard InChI is InChI=1S/C12H15BrN2O3S/c1-8-6-10(3-4-11(8)13)19(17,18)15-9-2-5-12(16)14-7-9/h3-4,6,9,15H,2,5,7H2,1H3,(H,14,16). The zero-order valence-corrected chi connectivity index (χ0v) is 12.8. The molecular formula is C12H15BrN2O3S. The number of benzene rings is 1. The third-order valence-electron chi connectivity index (χ3n) is 3.03. The molecule has 1 atom stereocenters. The van der Waals surface area contributed by atoms with E-state index < -0.39 is 10.0 Å². The van der Waals surface area contributed by atoms with Gasteiger partial charge in [0.25, 0.3) is 0 Å². The number of rotatable bonds is 3. The van der Waals surface area contributed by atoms with Crippen molar-refractivity contribution in [1.29, 1.82) is 0 Å². The summed E-state index contributed by atoms with van der Waals surface area (Å²) in [5.41, 5.74) is 0.861. The molecule has 0 aliphatic carbocycles. The number of aryl methyl sites for hydroxylation is 1. The lowest BCUT2D eigenvalue weighted by molar-refractivity contribution is -0.122. The molecule has 0 radical (unpaired) electrons. The monoisotopic (exact) mass is 346 g/mol. The van der Waals surface area contributed by atoms with Crippen molar-refractivity contribution < 1.29 is 13.2 Å². The fraction of sp³-hybridized carbons (Fsp3) is 0.417. The summed E-state index contributed by atoms with van der Waals surface area (Å²) in [5.74, 6) is -0.0325. The minimum atomic E-state index is -3.54. The second-order valence-corrected chi connectivity index (χ2v) is 7.14. The maximum absolute atomic E-state index is 12.2. The highest BCUT2D eigenvalue weighted by Gasteiger charge is 2.24. The number of carbonyl (C=O) groups is 1. The minimum absolute atomic E-state index is 0.0325. The van der Waals surface area contributed by atoms with Crippen LogP contribution in [0.4, 0.5) is 0 Å². The van der Waals surface area contributed by atoms with Crippen molar-refractivity contribution in [3.63, 3.8) is 0 Å². The highest BCUT2D eigenvalue weighted by atomic mass is 79.9.